The van der Waals surface area contributed by atoms with Crippen LogP contribution in [-0.2, 0) is 6.42 Å². The summed E-state index contributed by atoms with van der Waals surface area (Å²) in [6, 6.07) is 17.2. The van der Waals surface area contributed by atoms with Crippen molar-refractivity contribution in [3.63, 3.8) is 0 Å². The van der Waals surface area contributed by atoms with Crippen molar-refractivity contribution in [1.82, 2.24) is 4.90 Å². The van der Waals surface area contributed by atoms with Crippen molar-refractivity contribution < 1.29 is 9.53 Å². The van der Waals surface area contributed by atoms with E-state index in [-0.39, 0.29) is 11.8 Å². The van der Waals surface area contributed by atoms with Gasteiger partial charge in [0, 0.05) is 5.56 Å². The molecular weight excluding hydrogens is 262 g/mol. The molecule has 0 saturated heterocycles. The topological polar surface area (TPSA) is 29.5 Å². The van der Waals surface area contributed by atoms with Crippen LogP contribution in [0.3, 0.4) is 0 Å². The molecule has 0 N–H and O–H groups in total. The fourth-order valence-corrected chi connectivity index (χ4v) is 2.29. The first-order valence-electron chi connectivity index (χ1n) is 7.00. The molecule has 0 aromatic heterocycles. The molecule has 21 heavy (non-hydrogen) atoms. The van der Waals surface area contributed by atoms with Crippen LogP contribution < -0.4 is 4.74 Å². The third-order valence-electron chi connectivity index (χ3n) is 3.57. The normalized spacial score (nSPS) is 12.2. The maximum absolute atomic E-state index is 12.7. The highest BCUT2D eigenvalue weighted by Crippen LogP contribution is 2.16. The van der Waals surface area contributed by atoms with E-state index in [2.05, 4.69) is 12.1 Å². The first-order valence-corrected chi connectivity index (χ1v) is 7.00. The number of ether oxygens (including phenoxy) is 1. The molecule has 2 aromatic rings. The minimum Gasteiger partial charge on any atom is -0.497 e. The number of benzene rings is 2. The Bertz CT molecular complexity index is 576. The smallest absolute Gasteiger partial charge is 0.180 e. The molecule has 0 amide bonds. The van der Waals surface area contributed by atoms with E-state index in [1.807, 2.05) is 61.5 Å². The number of rotatable bonds is 6. The zero-order chi connectivity index (χ0) is 15.2. The minimum atomic E-state index is -0.166. The lowest BCUT2D eigenvalue weighted by Gasteiger charge is -2.23. The molecule has 0 saturated carbocycles. The van der Waals surface area contributed by atoms with Crippen LogP contribution in [0.5, 0.6) is 5.75 Å². The molecule has 0 radical (unpaired) electrons. The van der Waals surface area contributed by atoms with Crippen LogP contribution in [0.25, 0.3) is 0 Å². The number of likely N-dealkylation sites (N-methyl/N-ethyl adjacent to an activating group) is 1. The molecule has 0 unspecified atom stereocenters. The van der Waals surface area contributed by atoms with Gasteiger partial charge in [-0.2, -0.15) is 0 Å². The van der Waals surface area contributed by atoms with E-state index in [0.29, 0.717) is 12.0 Å². The lowest BCUT2D eigenvalue weighted by molar-refractivity contribution is 0.0875. The van der Waals surface area contributed by atoms with Gasteiger partial charge in [0.25, 0.3) is 0 Å². The predicted molar refractivity (Wildman–Crippen MR) is 84.9 cm³/mol. The van der Waals surface area contributed by atoms with E-state index in [1.54, 1.807) is 7.11 Å². The van der Waals surface area contributed by atoms with Gasteiger partial charge in [0.1, 0.15) is 5.75 Å². The van der Waals surface area contributed by atoms with Crippen molar-refractivity contribution in [2.75, 3.05) is 21.2 Å². The highest BCUT2D eigenvalue weighted by molar-refractivity contribution is 6.00. The number of hydrogen-bond acceptors (Lipinski definition) is 3. The highest BCUT2D eigenvalue weighted by Gasteiger charge is 2.22. The average molecular weight is 283 g/mol. The Morgan fingerprint density at radius 1 is 1.05 bits per heavy atom. The van der Waals surface area contributed by atoms with Crippen molar-refractivity contribution in [1.29, 1.82) is 0 Å². The summed E-state index contributed by atoms with van der Waals surface area (Å²) in [7, 11) is 5.50. The highest BCUT2D eigenvalue weighted by atomic mass is 16.5. The van der Waals surface area contributed by atoms with Crippen LogP contribution in [0.4, 0.5) is 0 Å². The summed E-state index contributed by atoms with van der Waals surface area (Å²) in [5.41, 5.74) is 1.88. The Hall–Kier alpha value is -2.13. The molecule has 3 nitrogen and oxygen atoms in total. The summed E-state index contributed by atoms with van der Waals surface area (Å²) in [5, 5.41) is 0. The predicted octanol–water partition coefficient (Wildman–Crippen LogP) is 3.05. The number of methoxy groups -OCH3 is 1. The van der Waals surface area contributed by atoms with Gasteiger partial charge in [-0.25, -0.2) is 0 Å². The van der Waals surface area contributed by atoms with Crippen LogP contribution in [0.15, 0.2) is 54.6 Å². The average Bonchev–Trinajstić information content (AvgIpc) is 2.53. The van der Waals surface area contributed by atoms with Crippen LogP contribution in [0.1, 0.15) is 15.9 Å². The number of carbonyl (C=O) groups excluding carboxylic acids is 1. The molecule has 0 fully saturated rings. The molecule has 0 aliphatic carbocycles. The van der Waals surface area contributed by atoms with Crippen LogP contribution in [0.2, 0.25) is 0 Å². The minimum absolute atomic E-state index is 0.131. The van der Waals surface area contributed by atoms with E-state index in [4.69, 9.17) is 4.74 Å². The molecule has 2 rings (SSSR count). The first-order chi connectivity index (χ1) is 10.1. The van der Waals surface area contributed by atoms with Gasteiger partial charge in [-0.05, 0) is 50.3 Å². The van der Waals surface area contributed by atoms with Gasteiger partial charge in [0.2, 0.25) is 0 Å². The standard InChI is InChI=1S/C18H21NO2/c1-19(2)17(13-14-7-5-4-6-8-14)18(20)15-9-11-16(21-3)12-10-15/h4-12,17H,13H2,1-3H3/t17-/m0/s1. The molecule has 0 aliphatic rings. The van der Waals surface area contributed by atoms with E-state index in [0.717, 1.165) is 11.3 Å². The molecule has 1 atom stereocenters. The Balaban J connectivity index is 2.18. The van der Waals surface area contributed by atoms with Gasteiger partial charge in [0.05, 0.1) is 13.2 Å². The zero-order valence-electron chi connectivity index (χ0n) is 12.7. The molecule has 0 aliphatic heterocycles. The number of carbonyl (C=O) groups is 1. The summed E-state index contributed by atoms with van der Waals surface area (Å²) in [5.74, 6) is 0.891. The van der Waals surface area contributed by atoms with E-state index >= 15 is 0 Å². The summed E-state index contributed by atoms with van der Waals surface area (Å²) in [4.78, 5) is 14.7. The lowest BCUT2D eigenvalue weighted by Crippen LogP contribution is -2.37. The summed E-state index contributed by atoms with van der Waals surface area (Å²) >= 11 is 0. The SMILES string of the molecule is COc1ccc(C(=O)[C@H](Cc2ccccc2)N(C)C)cc1. The maximum Gasteiger partial charge on any atom is 0.180 e. The maximum atomic E-state index is 12.7. The van der Waals surface area contributed by atoms with Crippen molar-refractivity contribution in [3.8, 4) is 5.75 Å². The fourth-order valence-electron chi connectivity index (χ4n) is 2.29. The number of ketones is 1. The van der Waals surface area contributed by atoms with Gasteiger partial charge >= 0.3 is 0 Å². The molecular formula is C18H21NO2. The van der Waals surface area contributed by atoms with E-state index in [1.165, 1.54) is 0 Å². The second-order valence-electron chi connectivity index (χ2n) is 5.26. The van der Waals surface area contributed by atoms with Gasteiger partial charge in [-0.15, -0.1) is 0 Å². The van der Waals surface area contributed by atoms with Gasteiger partial charge in [-0.3, -0.25) is 9.69 Å². The third-order valence-corrected chi connectivity index (χ3v) is 3.57. The largest absolute Gasteiger partial charge is 0.497 e. The summed E-state index contributed by atoms with van der Waals surface area (Å²) < 4.78 is 5.13. The summed E-state index contributed by atoms with van der Waals surface area (Å²) in [6.07, 6.45) is 0.707. The van der Waals surface area contributed by atoms with E-state index in [9.17, 15) is 4.79 Å². The molecule has 110 valence electrons. The first kappa shape index (κ1) is 15.3. The second kappa shape index (κ2) is 7.04. The van der Waals surface area contributed by atoms with Crippen LogP contribution in [-0.4, -0.2) is 37.9 Å². The Morgan fingerprint density at radius 3 is 2.19 bits per heavy atom. The van der Waals surface area contributed by atoms with Crippen molar-refractivity contribution >= 4 is 5.78 Å². The van der Waals surface area contributed by atoms with Gasteiger partial charge < -0.3 is 4.74 Å². The number of hydrogen-bond donors (Lipinski definition) is 0. The fraction of sp³-hybridized carbons (Fsp3) is 0.278. The monoisotopic (exact) mass is 283 g/mol. The molecule has 0 bridgehead atoms. The van der Waals surface area contributed by atoms with Crippen molar-refractivity contribution in [3.05, 3.63) is 65.7 Å². The Morgan fingerprint density at radius 2 is 1.67 bits per heavy atom. The number of Topliss-reactive ketones (excluding diaryl/α,β-unsaturated/α-hetero) is 1. The molecule has 2 aromatic carbocycles. The Labute approximate surface area is 126 Å². The van der Waals surface area contributed by atoms with Crippen LogP contribution in [0, 0.1) is 0 Å². The second-order valence-corrected chi connectivity index (χ2v) is 5.26. The molecule has 0 heterocycles. The van der Waals surface area contributed by atoms with Crippen molar-refractivity contribution in [2.24, 2.45) is 0 Å². The van der Waals surface area contributed by atoms with Crippen LogP contribution >= 0.6 is 0 Å². The number of nitrogens with zero attached hydrogens (tertiary/aromatic N) is 1. The van der Waals surface area contributed by atoms with Gasteiger partial charge in [-0.1, -0.05) is 30.3 Å². The zero-order valence-corrected chi connectivity index (χ0v) is 12.7. The van der Waals surface area contributed by atoms with Gasteiger partial charge in [0.15, 0.2) is 5.78 Å². The quantitative estimate of drug-likeness (QED) is 0.763. The molecule has 0 spiro atoms. The summed E-state index contributed by atoms with van der Waals surface area (Å²) in [6.45, 7) is 0. The lowest BCUT2D eigenvalue weighted by atomic mass is 9.97. The molecule has 3 heteroatoms. The van der Waals surface area contributed by atoms with Crippen molar-refractivity contribution in [2.45, 2.75) is 12.5 Å². The Kier molecular flexibility index (Phi) is 5.12. The van der Waals surface area contributed by atoms with E-state index < -0.39 is 0 Å². The third kappa shape index (κ3) is 3.92.